The third-order valence-corrected chi connectivity index (χ3v) is 11.9. The molecular formula is C31H35F2N3O4S. The number of alkyl halides is 1. The number of ether oxygens (including phenoxy) is 1. The number of esters is 1. The fraction of sp³-hybridized carbons (Fsp3) is 0.613. The van der Waals surface area contributed by atoms with Crippen LogP contribution in [0.1, 0.15) is 70.1 Å². The SMILES string of the molecule is C[C@]12Cc3cnn(-c4ccc(F)nc4)c3C=C1CC[C@@H]1[C@@H]2[C@@H](O)C[C@@]2(C)[C@H]1CC[C@]2(OC(=O)C1CC1)C(=O)SCF. The summed E-state index contributed by atoms with van der Waals surface area (Å²) in [7, 11) is 0. The van der Waals surface area contributed by atoms with E-state index in [0.717, 1.165) is 36.9 Å². The lowest BCUT2D eigenvalue weighted by Crippen LogP contribution is -2.62. The fourth-order valence-corrected chi connectivity index (χ4v) is 9.87. The lowest BCUT2D eigenvalue weighted by molar-refractivity contribution is -0.197. The van der Waals surface area contributed by atoms with Gasteiger partial charge < -0.3 is 9.84 Å². The van der Waals surface area contributed by atoms with E-state index in [9.17, 15) is 23.5 Å². The Hall–Kier alpha value is -2.59. The Labute approximate surface area is 242 Å². The molecule has 2 heterocycles. The number of rotatable bonds is 5. The van der Waals surface area contributed by atoms with E-state index in [0.29, 0.717) is 43.1 Å². The third kappa shape index (κ3) is 3.92. The zero-order valence-corrected chi connectivity index (χ0v) is 24.1. The highest BCUT2D eigenvalue weighted by Gasteiger charge is 2.71. The highest BCUT2D eigenvalue weighted by molar-refractivity contribution is 8.13. The normalized spacial score (nSPS) is 37.3. The average Bonchev–Trinajstić information content (AvgIpc) is 3.65. The van der Waals surface area contributed by atoms with Crippen LogP contribution in [0.3, 0.4) is 0 Å². The molecule has 0 unspecified atom stereocenters. The summed E-state index contributed by atoms with van der Waals surface area (Å²) in [5.74, 6) is -0.911. The Morgan fingerprint density at radius 2 is 2.00 bits per heavy atom. The van der Waals surface area contributed by atoms with Gasteiger partial charge in [-0.3, -0.25) is 9.59 Å². The van der Waals surface area contributed by atoms with Crippen LogP contribution in [0.25, 0.3) is 11.8 Å². The van der Waals surface area contributed by atoms with Crippen molar-refractivity contribution in [1.82, 2.24) is 14.8 Å². The second-order valence-corrected chi connectivity index (χ2v) is 14.1. The van der Waals surface area contributed by atoms with Crippen LogP contribution >= 0.6 is 11.8 Å². The molecular weight excluding hydrogens is 548 g/mol. The first-order valence-corrected chi connectivity index (χ1v) is 15.6. The molecule has 0 saturated heterocycles. The zero-order chi connectivity index (χ0) is 28.7. The Balaban J connectivity index is 1.23. The van der Waals surface area contributed by atoms with E-state index in [1.165, 1.54) is 17.8 Å². The van der Waals surface area contributed by atoms with Crippen LogP contribution in [-0.2, 0) is 20.7 Å². The molecule has 0 spiro atoms. The van der Waals surface area contributed by atoms with Crippen molar-refractivity contribution in [2.75, 3.05) is 6.01 Å². The van der Waals surface area contributed by atoms with E-state index >= 15 is 0 Å². The van der Waals surface area contributed by atoms with Gasteiger partial charge >= 0.3 is 5.97 Å². The van der Waals surface area contributed by atoms with E-state index in [1.54, 1.807) is 10.7 Å². The van der Waals surface area contributed by atoms with Crippen LogP contribution in [0.5, 0.6) is 0 Å². The second-order valence-electron chi connectivity index (χ2n) is 13.2. The van der Waals surface area contributed by atoms with Gasteiger partial charge in [0.15, 0.2) is 5.60 Å². The quantitative estimate of drug-likeness (QED) is 0.370. The summed E-state index contributed by atoms with van der Waals surface area (Å²) in [6, 6.07) is 2.12. The fourth-order valence-electron chi connectivity index (χ4n) is 9.16. The number of aliphatic hydroxyl groups is 1. The first kappa shape index (κ1) is 27.3. The Morgan fingerprint density at radius 3 is 2.71 bits per heavy atom. The van der Waals surface area contributed by atoms with Crippen molar-refractivity contribution in [3.8, 4) is 5.69 Å². The summed E-state index contributed by atoms with van der Waals surface area (Å²) in [5, 5.41) is 16.1. The molecule has 7 atom stereocenters. The van der Waals surface area contributed by atoms with E-state index in [-0.39, 0.29) is 35.1 Å². The minimum Gasteiger partial charge on any atom is -0.449 e. The van der Waals surface area contributed by atoms with E-state index in [4.69, 9.17) is 4.74 Å². The predicted molar refractivity (Wildman–Crippen MR) is 149 cm³/mol. The van der Waals surface area contributed by atoms with E-state index < -0.39 is 34.2 Å². The van der Waals surface area contributed by atoms with Crippen LogP contribution in [-0.4, -0.2) is 48.7 Å². The molecule has 0 aromatic carbocycles. The van der Waals surface area contributed by atoms with Crippen molar-refractivity contribution in [3.05, 3.63) is 47.3 Å². The van der Waals surface area contributed by atoms with Gasteiger partial charge in [-0.1, -0.05) is 19.4 Å². The molecule has 0 aliphatic heterocycles. The molecule has 5 aliphatic rings. The first-order chi connectivity index (χ1) is 19.6. The maximum atomic E-state index is 13.6. The van der Waals surface area contributed by atoms with Crippen LogP contribution in [0, 0.1) is 40.4 Å². The topological polar surface area (TPSA) is 94.3 Å². The predicted octanol–water partition coefficient (Wildman–Crippen LogP) is 5.44. The maximum Gasteiger partial charge on any atom is 0.309 e. The number of carbonyl (C=O) groups excluding carboxylic acids is 2. The Morgan fingerprint density at radius 1 is 1.20 bits per heavy atom. The van der Waals surface area contributed by atoms with Crippen molar-refractivity contribution in [2.24, 2.45) is 34.5 Å². The summed E-state index contributed by atoms with van der Waals surface area (Å²) in [6.07, 6.45) is 10.1. The summed E-state index contributed by atoms with van der Waals surface area (Å²) < 4.78 is 34.8. The van der Waals surface area contributed by atoms with Gasteiger partial charge in [0.1, 0.15) is 6.01 Å². The number of halogens is 2. The smallest absolute Gasteiger partial charge is 0.309 e. The summed E-state index contributed by atoms with van der Waals surface area (Å²) in [4.78, 5) is 30.3. The van der Waals surface area contributed by atoms with Crippen molar-refractivity contribution >= 4 is 28.9 Å². The Kier molecular flexibility index (Phi) is 6.29. The number of nitrogens with zero attached hydrogens (tertiary/aromatic N) is 3. The Bertz CT molecular complexity index is 1440. The molecule has 2 aromatic rings. The second kappa shape index (κ2) is 9.46. The number of carbonyl (C=O) groups is 2. The number of aromatic nitrogens is 3. The summed E-state index contributed by atoms with van der Waals surface area (Å²) in [6.45, 7) is 4.23. The first-order valence-electron chi connectivity index (χ1n) is 14.7. The number of aliphatic hydroxyl groups excluding tert-OH is 1. The number of hydrogen-bond acceptors (Lipinski definition) is 7. The third-order valence-electron chi connectivity index (χ3n) is 11.2. The van der Waals surface area contributed by atoms with Crippen LogP contribution in [0.4, 0.5) is 8.78 Å². The zero-order valence-electron chi connectivity index (χ0n) is 23.3. The van der Waals surface area contributed by atoms with Gasteiger partial charge in [-0.05, 0) is 110 Å². The molecule has 1 N–H and O–H groups in total. The van der Waals surface area contributed by atoms with Crippen LogP contribution in [0.2, 0.25) is 0 Å². The molecule has 5 aliphatic carbocycles. The van der Waals surface area contributed by atoms with Gasteiger partial charge in [-0.25, -0.2) is 14.1 Å². The van der Waals surface area contributed by atoms with Crippen LogP contribution < -0.4 is 0 Å². The highest BCUT2D eigenvalue weighted by atomic mass is 32.2. The molecule has 7 nitrogen and oxygen atoms in total. The number of allylic oxidation sites excluding steroid dienone is 1. The van der Waals surface area contributed by atoms with Crippen LogP contribution in [0.15, 0.2) is 30.1 Å². The molecule has 4 fully saturated rings. The van der Waals surface area contributed by atoms with Gasteiger partial charge in [0.2, 0.25) is 11.1 Å². The largest absolute Gasteiger partial charge is 0.449 e. The molecule has 4 saturated carbocycles. The molecule has 0 radical (unpaired) electrons. The lowest BCUT2D eigenvalue weighted by atomic mass is 9.45. The van der Waals surface area contributed by atoms with Gasteiger partial charge in [-0.2, -0.15) is 9.49 Å². The average molecular weight is 584 g/mol. The highest BCUT2D eigenvalue weighted by Crippen LogP contribution is 2.69. The molecule has 10 heteroatoms. The monoisotopic (exact) mass is 583 g/mol. The molecule has 7 rings (SSSR count). The number of pyridine rings is 1. The van der Waals surface area contributed by atoms with Gasteiger partial charge in [-0.15, -0.1) is 0 Å². The summed E-state index contributed by atoms with van der Waals surface area (Å²) in [5.41, 5.74) is 1.49. The standard InChI is InChI=1S/C31H35F2N3O4S/c1-29-12-18-14-35-36(20-6-8-25(33)34-15-20)23(18)11-19(29)5-7-21-22-9-10-31(28(39)41-16-32,40-27(38)17-3-4-17)30(22,2)13-24(37)26(21)29/h6,8,11,14-15,17,21-22,24,26,37H,3-5,7,9-10,12-13,16H2,1-2H3/t21-,22-,24-,26+,29-,30-,31-/m0/s1. The van der Waals surface area contributed by atoms with Crippen molar-refractivity contribution in [2.45, 2.75) is 76.9 Å². The van der Waals surface area contributed by atoms with Crippen molar-refractivity contribution < 1.29 is 28.2 Å². The minimum absolute atomic E-state index is 0.0385. The number of hydrogen-bond donors (Lipinski definition) is 1. The number of fused-ring (bicyclic) bond motifs is 6. The van der Waals surface area contributed by atoms with Gasteiger partial charge in [0, 0.05) is 5.41 Å². The minimum atomic E-state index is -1.42. The molecule has 0 bridgehead atoms. The molecule has 2 aromatic heterocycles. The molecule has 218 valence electrons. The van der Waals surface area contributed by atoms with Crippen molar-refractivity contribution in [1.29, 1.82) is 0 Å². The summed E-state index contributed by atoms with van der Waals surface area (Å²) >= 11 is 0.589. The van der Waals surface area contributed by atoms with Gasteiger partial charge in [0.25, 0.3) is 0 Å². The van der Waals surface area contributed by atoms with E-state index in [2.05, 4.69) is 23.1 Å². The maximum absolute atomic E-state index is 13.6. The lowest BCUT2D eigenvalue weighted by Gasteiger charge is -2.60. The van der Waals surface area contributed by atoms with Gasteiger partial charge in [0.05, 0.1) is 35.8 Å². The van der Waals surface area contributed by atoms with Crippen molar-refractivity contribution in [3.63, 3.8) is 0 Å². The molecule has 0 amide bonds. The number of thioether (sulfide) groups is 1. The van der Waals surface area contributed by atoms with E-state index in [1.807, 2.05) is 13.1 Å². The molecule has 41 heavy (non-hydrogen) atoms.